The van der Waals surface area contributed by atoms with E-state index in [4.69, 9.17) is 0 Å². The fourth-order valence-electron chi connectivity index (χ4n) is 2.30. The molecule has 0 radical (unpaired) electrons. The lowest BCUT2D eigenvalue weighted by molar-refractivity contribution is 0.0699. The summed E-state index contributed by atoms with van der Waals surface area (Å²) >= 11 is 0. The van der Waals surface area contributed by atoms with Gasteiger partial charge in [0.05, 0.1) is 11.1 Å². The number of carboxylic acid groups (broad SMARTS) is 1. The highest BCUT2D eigenvalue weighted by atomic mass is 16.4. The zero-order chi connectivity index (χ0) is 13.9. The number of hydrogen-bond acceptors (Lipinski definition) is 2. The molecule has 20 heavy (non-hydrogen) atoms. The van der Waals surface area contributed by atoms with Gasteiger partial charge >= 0.3 is 5.97 Å². The van der Waals surface area contributed by atoms with Crippen molar-refractivity contribution in [1.29, 1.82) is 0 Å². The summed E-state index contributed by atoms with van der Waals surface area (Å²) in [6.07, 6.45) is 0.631. The van der Waals surface area contributed by atoms with Crippen molar-refractivity contribution in [1.82, 2.24) is 4.98 Å². The van der Waals surface area contributed by atoms with Gasteiger partial charge in [-0.2, -0.15) is 0 Å². The Kier molecular flexibility index (Phi) is 3.17. The summed E-state index contributed by atoms with van der Waals surface area (Å²) in [5, 5.41) is 10.0. The monoisotopic (exact) mass is 263 g/mol. The molecule has 98 valence electrons. The Balaban J connectivity index is 2.10. The maximum absolute atomic E-state index is 11.4. The molecule has 0 saturated carbocycles. The number of aromatic nitrogens is 1. The second-order valence-corrected chi connectivity index (χ2v) is 4.65. The Morgan fingerprint density at radius 1 is 1.00 bits per heavy atom. The van der Waals surface area contributed by atoms with E-state index < -0.39 is 5.97 Å². The van der Waals surface area contributed by atoms with Gasteiger partial charge in [-0.15, -0.1) is 0 Å². The minimum absolute atomic E-state index is 0.307. The number of benzene rings is 2. The molecule has 0 fully saturated rings. The van der Waals surface area contributed by atoms with E-state index >= 15 is 0 Å². The second kappa shape index (κ2) is 5.13. The van der Waals surface area contributed by atoms with Gasteiger partial charge in [0, 0.05) is 17.5 Å². The quantitative estimate of drug-likeness (QED) is 0.786. The van der Waals surface area contributed by atoms with Crippen LogP contribution in [0, 0.1) is 0 Å². The first-order chi connectivity index (χ1) is 9.74. The van der Waals surface area contributed by atoms with E-state index in [9.17, 15) is 9.90 Å². The minimum atomic E-state index is -0.919. The van der Waals surface area contributed by atoms with E-state index in [0.29, 0.717) is 17.4 Å². The van der Waals surface area contributed by atoms with Crippen LogP contribution in [0.1, 0.15) is 21.6 Å². The molecule has 1 heterocycles. The summed E-state index contributed by atoms with van der Waals surface area (Å²) in [6, 6.07) is 18.9. The first-order valence-corrected chi connectivity index (χ1v) is 6.40. The van der Waals surface area contributed by atoms with Gasteiger partial charge in [0.2, 0.25) is 0 Å². The SMILES string of the molecule is O=C(O)c1cc(Cc2ccccc2)nc2ccccc12. The van der Waals surface area contributed by atoms with Crippen LogP contribution in [0.5, 0.6) is 0 Å². The average Bonchev–Trinajstić information content (AvgIpc) is 2.47. The van der Waals surface area contributed by atoms with Crippen LogP contribution < -0.4 is 0 Å². The molecule has 1 N–H and O–H groups in total. The van der Waals surface area contributed by atoms with Crippen molar-refractivity contribution >= 4 is 16.9 Å². The Bertz CT molecular complexity index is 766. The van der Waals surface area contributed by atoms with Crippen molar-refractivity contribution in [3.63, 3.8) is 0 Å². The van der Waals surface area contributed by atoms with Crippen LogP contribution in [-0.4, -0.2) is 16.1 Å². The molecule has 3 aromatic rings. The van der Waals surface area contributed by atoms with E-state index in [1.807, 2.05) is 48.5 Å². The summed E-state index contributed by atoms with van der Waals surface area (Å²) in [4.78, 5) is 15.9. The Morgan fingerprint density at radius 3 is 2.45 bits per heavy atom. The number of para-hydroxylation sites is 1. The van der Waals surface area contributed by atoms with Gasteiger partial charge in [-0.1, -0.05) is 48.5 Å². The van der Waals surface area contributed by atoms with Gasteiger partial charge in [-0.25, -0.2) is 4.79 Å². The number of aromatic carboxylic acids is 1. The van der Waals surface area contributed by atoms with Crippen LogP contribution in [0.15, 0.2) is 60.7 Å². The van der Waals surface area contributed by atoms with E-state index in [0.717, 1.165) is 16.8 Å². The Labute approximate surface area is 116 Å². The Hall–Kier alpha value is -2.68. The molecule has 3 heteroatoms. The van der Waals surface area contributed by atoms with Gasteiger partial charge in [-0.05, 0) is 17.7 Å². The molecule has 0 atom stereocenters. The highest BCUT2D eigenvalue weighted by molar-refractivity contribution is 6.02. The third-order valence-electron chi connectivity index (χ3n) is 3.23. The molecule has 0 aliphatic rings. The van der Waals surface area contributed by atoms with Crippen molar-refractivity contribution < 1.29 is 9.90 Å². The Morgan fingerprint density at radius 2 is 1.70 bits per heavy atom. The molecule has 0 unspecified atom stereocenters. The topological polar surface area (TPSA) is 50.2 Å². The lowest BCUT2D eigenvalue weighted by Crippen LogP contribution is -2.02. The van der Waals surface area contributed by atoms with Crippen molar-refractivity contribution in [3.8, 4) is 0 Å². The molecule has 0 amide bonds. The molecular weight excluding hydrogens is 250 g/mol. The third kappa shape index (κ3) is 2.38. The molecule has 0 aliphatic carbocycles. The molecule has 0 saturated heterocycles. The summed E-state index contributed by atoms with van der Waals surface area (Å²) in [5.74, 6) is -0.919. The first kappa shape index (κ1) is 12.4. The van der Waals surface area contributed by atoms with Crippen LogP contribution in [0.4, 0.5) is 0 Å². The summed E-state index contributed by atoms with van der Waals surface area (Å²) in [7, 11) is 0. The number of nitrogens with zero attached hydrogens (tertiary/aromatic N) is 1. The first-order valence-electron chi connectivity index (χ1n) is 6.40. The number of rotatable bonds is 3. The van der Waals surface area contributed by atoms with Crippen LogP contribution >= 0.6 is 0 Å². The molecule has 3 rings (SSSR count). The van der Waals surface area contributed by atoms with E-state index in [2.05, 4.69) is 4.98 Å². The van der Waals surface area contributed by atoms with Gasteiger partial charge in [-0.3, -0.25) is 4.98 Å². The number of fused-ring (bicyclic) bond motifs is 1. The van der Waals surface area contributed by atoms with Gasteiger partial charge in [0.25, 0.3) is 0 Å². The second-order valence-electron chi connectivity index (χ2n) is 4.65. The van der Waals surface area contributed by atoms with Gasteiger partial charge in [0.1, 0.15) is 0 Å². The van der Waals surface area contributed by atoms with E-state index in [-0.39, 0.29) is 0 Å². The number of pyridine rings is 1. The summed E-state index contributed by atoms with van der Waals surface area (Å²) in [6.45, 7) is 0. The van der Waals surface area contributed by atoms with Crippen LogP contribution in [0.25, 0.3) is 10.9 Å². The zero-order valence-corrected chi connectivity index (χ0v) is 10.8. The van der Waals surface area contributed by atoms with Crippen LogP contribution in [-0.2, 0) is 6.42 Å². The average molecular weight is 263 g/mol. The molecular formula is C17H13NO2. The summed E-state index contributed by atoms with van der Waals surface area (Å²) in [5.41, 5.74) is 2.92. The van der Waals surface area contributed by atoms with Crippen LogP contribution in [0.2, 0.25) is 0 Å². The highest BCUT2D eigenvalue weighted by Gasteiger charge is 2.11. The van der Waals surface area contributed by atoms with Gasteiger partial charge in [0.15, 0.2) is 0 Å². The highest BCUT2D eigenvalue weighted by Crippen LogP contribution is 2.20. The summed E-state index contributed by atoms with van der Waals surface area (Å²) < 4.78 is 0. The van der Waals surface area contributed by atoms with Crippen molar-refractivity contribution in [2.24, 2.45) is 0 Å². The lowest BCUT2D eigenvalue weighted by Gasteiger charge is -2.07. The largest absolute Gasteiger partial charge is 0.478 e. The maximum atomic E-state index is 11.4. The van der Waals surface area contributed by atoms with Crippen LogP contribution in [0.3, 0.4) is 0 Å². The smallest absolute Gasteiger partial charge is 0.336 e. The van der Waals surface area contributed by atoms with Gasteiger partial charge < -0.3 is 5.11 Å². The molecule has 3 nitrogen and oxygen atoms in total. The molecule has 1 aromatic heterocycles. The normalized spacial score (nSPS) is 10.6. The number of carboxylic acids is 1. The predicted molar refractivity (Wildman–Crippen MR) is 78.0 cm³/mol. The standard InChI is InChI=1S/C17H13NO2/c19-17(20)15-11-13(10-12-6-2-1-3-7-12)18-16-9-5-4-8-14(15)16/h1-9,11H,10H2,(H,19,20). The zero-order valence-electron chi connectivity index (χ0n) is 10.8. The molecule has 0 spiro atoms. The lowest BCUT2D eigenvalue weighted by atomic mass is 10.0. The minimum Gasteiger partial charge on any atom is -0.478 e. The fourth-order valence-corrected chi connectivity index (χ4v) is 2.30. The number of carbonyl (C=O) groups is 1. The molecule has 0 bridgehead atoms. The predicted octanol–water partition coefficient (Wildman–Crippen LogP) is 3.52. The van der Waals surface area contributed by atoms with Crippen molar-refractivity contribution in [3.05, 3.63) is 77.5 Å². The number of hydrogen-bond donors (Lipinski definition) is 1. The third-order valence-corrected chi connectivity index (χ3v) is 3.23. The van der Waals surface area contributed by atoms with Crippen molar-refractivity contribution in [2.45, 2.75) is 6.42 Å². The maximum Gasteiger partial charge on any atom is 0.336 e. The molecule has 0 aliphatic heterocycles. The molecule has 2 aromatic carbocycles. The van der Waals surface area contributed by atoms with E-state index in [1.54, 1.807) is 12.1 Å². The fraction of sp³-hybridized carbons (Fsp3) is 0.0588. The van der Waals surface area contributed by atoms with Crippen molar-refractivity contribution in [2.75, 3.05) is 0 Å². The van der Waals surface area contributed by atoms with E-state index in [1.165, 1.54) is 0 Å².